The fourth-order valence-corrected chi connectivity index (χ4v) is 1.82. The second kappa shape index (κ2) is 9.86. The van der Waals surface area contributed by atoms with Crippen LogP contribution in [0.1, 0.15) is 32.4 Å². The molecule has 0 aliphatic carbocycles. The molecule has 0 fully saturated rings. The molecule has 0 aliphatic rings. The molecule has 0 saturated carbocycles. The van der Waals surface area contributed by atoms with Gasteiger partial charge in [-0.1, -0.05) is 32.9 Å². The molecule has 0 radical (unpaired) electrons. The smallest absolute Gasteiger partial charge is 0.123 e. The molecule has 1 aromatic carbocycles. The predicted molar refractivity (Wildman–Crippen MR) is 79.3 cm³/mol. The largest absolute Gasteiger partial charge is 0.379 e. The molecule has 20 heavy (non-hydrogen) atoms. The quantitative estimate of drug-likeness (QED) is 0.669. The van der Waals surface area contributed by atoms with Crippen molar-refractivity contribution in [3.05, 3.63) is 35.6 Å². The molecule has 1 unspecified atom stereocenters. The topological polar surface area (TPSA) is 30.5 Å². The van der Waals surface area contributed by atoms with E-state index in [0.717, 1.165) is 18.7 Å². The summed E-state index contributed by atoms with van der Waals surface area (Å²) in [4.78, 5) is 0. The monoisotopic (exact) mass is 283 g/mol. The number of halogens is 1. The van der Waals surface area contributed by atoms with Crippen LogP contribution >= 0.6 is 0 Å². The summed E-state index contributed by atoms with van der Waals surface area (Å²) in [6.07, 6.45) is -0.145. The van der Waals surface area contributed by atoms with E-state index in [9.17, 15) is 4.39 Å². The molecule has 1 atom stereocenters. The number of ether oxygens (including phenoxy) is 2. The second-order valence-electron chi connectivity index (χ2n) is 5.19. The van der Waals surface area contributed by atoms with Crippen LogP contribution in [0.4, 0.5) is 4.39 Å². The molecule has 0 saturated heterocycles. The average Bonchev–Trinajstić information content (AvgIpc) is 2.41. The van der Waals surface area contributed by atoms with Crippen LogP contribution in [-0.4, -0.2) is 32.9 Å². The van der Waals surface area contributed by atoms with Gasteiger partial charge in [0.2, 0.25) is 0 Å². The second-order valence-corrected chi connectivity index (χ2v) is 5.19. The van der Waals surface area contributed by atoms with Gasteiger partial charge < -0.3 is 14.8 Å². The molecule has 0 heterocycles. The van der Waals surface area contributed by atoms with Crippen molar-refractivity contribution in [2.24, 2.45) is 5.92 Å². The molecule has 0 spiro atoms. The molecule has 0 aromatic heterocycles. The van der Waals surface area contributed by atoms with Crippen molar-refractivity contribution in [1.29, 1.82) is 0 Å². The minimum Gasteiger partial charge on any atom is -0.379 e. The average molecular weight is 283 g/mol. The van der Waals surface area contributed by atoms with Crippen molar-refractivity contribution in [1.82, 2.24) is 5.32 Å². The van der Waals surface area contributed by atoms with E-state index < -0.39 is 0 Å². The number of nitrogens with one attached hydrogen (secondary N) is 1. The lowest BCUT2D eigenvalue weighted by Crippen LogP contribution is -2.24. The van der Waals surface area contributed by atoms with E-state index in [1.54, 1.807) is 6.07 Å². The van der Waals surface area contributed by atoms with Crippen LogP contribution in [0.15, 0.2) is 24.3 Å². The summed E-state index contributed by atoms with van der Waals surface area (Å²) in [6.45, 7) is 9.61. The highest BCUT2D eigenvalue weighted by Gasteiger charge is 2.12. The van der Waals surface area contributed by atoms with Gasteiger partial charge in [-0.15, -0.1) is 0 Å². The normalized spacial score (nSPS) is 12.8. The summed E-state index contributed by atoms with van der Waals surface area (Å²) in [5.41, 5.74) is 0.856. The number of benzene rings is 1. The highest BCUT2D eigenvalue weighted by molar-refractivity contribution is 5.19. The van der Waals surface area contributed by atoms with Gasteiger partial charge in [-0.2, -0.15) is 0 Å². The standard InChI is InChI=1S/C16H26FNO2/c1-4-18-11-16(14-6-5-7-15(17)10-14)20-9-8-19-12-13(2)3/h5-7,10,13,16,18H,4,8-9,11-12H2,1-3H3. The molecule has 114 valence electrons. The van der Waals surface area contributed by atoms with E-state index in [-0.39, 0.29) is 11.9 Å². The lowest BCUT2D eigenvalue weighted by molar-refractivity contribution is -0.00122. The van der Waals surface area contributed by atoms with Crippen LogP contribution < -0.4 is 5.32 Å². The SMILES string of the molecule is CCNCC(OCCOCC(C)C)c1cccc(F)c1. The fourth-order valence-electron chi connectivity index (χ4n) is 1.82. The zero-order valence-electron chi connectivity index (χ0n) is 12.7. The summed E-state index contributed by atoms with van der Waals surface area (Å²) in [5.74, 6) is 0.291. The Morgan fingerprint density at radius 3 is 2.70 bits per heavy atom. The van der Waals surface area contributed by atoms with Gasteiger partial charge in [0, 0.05) is 13.2 Å². The van der Waals surface area contributed by atoms with Gasteiger partial charge in [0.25, 0.3) is 0 Å². The van der Waals surface area contributed by atoms with E-state index in [1.807, 2.05) is 13.0 Å². The summed E-state index contributed by atoms with van der Waals surface area (Å²) in [5, 5.41) is 3.24. The van der Waals surface area contributed by atoms with Gasteiger partial charge in [0.1, 0.15) is 5.82 Å². The molecule has 0 amide bonds. The number of hydrogen-bond donors (Lipinski definition) is 1. The Bertz CT molecular complexity index is 371. The zero-order chi connectivity index (χ0) is 14.8. The number of rotatable bonds is 10. The van der Waals surface area contributed by atoms with Crippen LogP contribution in [0, 0.1) is 11.7 Å². The van der Waals surface area contributed by atoms with Gasteiger partial charge in [0.15, 0.2) is 0 Å². The maximum Gasteiger partial charge on any atom is 0.123 e. The third-order valence-corrected chi connectivity index (χ3v) is 2.80. The van der Waals surface area contributed by atoms with Gasteiger partial charge in [-0.3, -0.25) is 0 Å². The van der Waals surface area contributed by atoms with Crippen molar-refractivity contribution in [2.75, 3.05) is 32.9 Å². The first kappa shape index (κ1) is 17.1. The third-order valence-electron chi connectivity index (χ3n) is 2.80. The van der Waals surface area contributed by atoms with Crippen molar-refractivity contribution in [2.45, 2.75) is 26.9 Å². The number of hydrogen-bond acceptors (Lipinski definition) is 3. The molecular weight excluding hydrogens is 257 g/mol. The first-order valence-corrected chi connectivity index (χ1v) is 7.29. The Kier molecular flexibility index (Phi) is 8.42. The van der Waals surface area contributed by atoms with E-state index in [0.29, 0.717) is 25.7 Å². The molecule has 0 bridgehead atoms. The zero-order valence-corrected chi connectivity index (χ0v) is 12.7. The van der Waals surface area contributed by atoms with E-state index in [2.05, 4.69) is 19.2 Å². The molecule has 1 N–H and O–H groups in total. The van der Waals surface area contributed by atoms with E-state index in [1.165, 1.54) is 12.1 Å². The Morgan fingerprint density at radius 1 is 1.25 bits per heavy atom. The minimum atomic E-state index is -0.233. The Labute approximate surface area is 121 Å². The lowest BCUT2D eigenvalue weighted by Gasteiger charge is -2.19. The van der Waals surface area contributed by atoms with Crippen LogP contribution in [0.3, 0.4) is 0 Å². The molecule has 3 nitrogen and oxygen atoms in total. The van der Waals surface area contributed by atoms with E-state index in [4.69, 9.17) is 9.47 Å². The maximum absolute atomic E-state index is 13.3. The molecular formula is C16H26FNO2. The predicted octanol–water partition coefficient (Wildman–Crippen LogP) is 3.17. The Morgan fingerprint density at radius 2 is 2.05 bits per heavy atom. The summed E-state index contributed by atoms with van der Waals surface area (Å²) < 4.78 is 24.6. The van der Waals surface area contributed by atoms with Crippen molar-refractivity contribution >= 4 is 0 Å². The summed E-state index contributed by atoms with van der Waals surface area (Å²) in [6, 6.07) is 6.57. The molecule has 1 aromatic rings. The van der Waals surface area contributed by atoms with Crippen LogP contribution in [0.25, 0.3) is 0 Å². The van der Waals surface area contributed by atoms with E-state index >= 15 is 0 Å². The van der Waals surface area contributed by atoms with Gasteiger partial charge in [0.05, 0.1) is 19.3 Å². The van der Waals surface area contributed by atoms with Gasteiger partial charge in [-0.25, -0.2) is 4.39 Å². The Balaban J connectivity index is 2.44. The van der Waals surface area contributed by atoms with Crippen LogP contribution in [0.5, 0.6) is 0 Å². The van der Waals surface area contributed by atoms with Gasteiger partial charge in [-0.05, 0) is 30.2 Å². The summed E-state index contributed by atoms with van der Waals surface area (Å²) in [7, 11) is 0. The van der Waals surface area contributed by atoms with Crippen LogP contribution in [0.2, 0.25) is 0 Å². The van der Waals surface area contributed by atoms with Gasteiger partial charge >= 0.3 is 0 Å². The molecule has 0 aliphatic heterocycles. The summed E-state index contributed by atoms with van der Waals surface area (Å²) >= 11 is 0. The maximum atomic E-state index is 13.3. The minimum absolute atomic E-state index is 0.145. The lowest BCUT2D eigenvalue weighted by atomic mass is 10.1. The highest BCUT2D eigenvalue weighted by atomic mass is 19.1. The van der Waals surface area contributed by atoms with Crippen molar-refractivity contribution in [3.63, 3.8) is 0 Å². The Hall–Kier alpha value is -0.970. The molecule has 1 rings (SSSR count). The van der Waals surface area contributed by atoms with Crippen molar-refractivity contribution < 1.29 is 13.9 Å². The van der Waals surface area contributed by atoms with Crippen LogP contribution in [-0.2, 0) is 9.47 Å². The highest BCUT2D eigenvalue weighted by Crippen LogP contribution is 2.17. The van der Waals surface area contributed by atoms with Crippen molar-refractivity contribution in [3.8, 4) is 0 Å². The number of likely N-dealkylation sites (N-methyl/N-ethyl adjacent to an activating group) is 1. The fraction of sp³-hybridized carbons (Fsp3) is 0.625. The first-order valence-electron chi connectivity index (χ1n) is 7.29. The molecule has 4 heteroatoms. The third kappa shape index (κ3) is 6.98. The first-order chi connectivity index (χ1) is 9.63.